The molecule has 10 heteroatoms. The molecule has 0 heterocycles. The smallest absolute Gasteiger partial charge is 0.220 e. The van der Waals surface area contributed by atoms with Gasteiger partial charge in [0.05, 0.1) is 55.8 Å². The Kier molecular flexibility index (Phi) is 12.2. The van der Waals surface area contributed by atoms with Crippen LogP contribution in [0.15, 0.2) is 0 Å². The molecule has 11 atom stereocenters. The molecule has 0 saturated heterocycles. The number of carbonyl (C=O) groups is 1. The number of amides is 1. The number of fused-ring (bicyclic) bond motifs is 5. The number of hydrogen-bond donors (Lipinski definition) is 4. The molecule has 43 heavy (non-hydrogen) atoms. The minimum Gasteiger partial charge on any atom is -0.748 e. The summed E-state index contributed by atoms with van der Waals surface area (Å²) in [5.41, 5.74) is 0.356. The third-order valence-corrected chi connectivity index (χ3v) is 13.1. The summed E-state index contributed by atoms with van der Waals surface area (Å²) in [5, 5.41) is 33.2. The SMILES string of the molecule is CC[C@H]1[C@@H](O)[C@@H]2[C@H](CC[C@]3(C)[C@@H]([C@H](C)CCC(=O)NCCS(=O)(=O)[O-])CC[C@@H]23)[C@@]2(C)CC[C@@H](O)C[C@@H]12.C[N+](C)(C)CCO. The molecular weight excluding hydrogens is 568 g/mol. The molecule has 4 saturated carbocycles. The van der Waals surface area contributed by atoms with E-state index in [0.717, 1.165) is 68.8 Å². The van der Waals surface area contributed by atoms with Crippen molar-refractivity contribution in [2.24, 2.45) is 52.3 Å². The van der Waals surface area contributed by atoms with Crippen LogP contribution >= 0.6 is 0 Å². The van der Waals surface area contributed by atoms with E-state index in [1.807, 2.05) is 0 Å². The highest BCUT2D eigenvalue weighted by atomic mass is 32.2. The Morgan fingerprint density at radius 2 is 1.65 bits per heavy atom. The van der Waals surface area contributed by atoms with Crippen molar-refractivity contribution in [3.05, 3.63) is 0 Å². The Bertz CT molecular complexity index is 1030. The molecule has 9 nitrogen and oxygen atoms in total. The Hall–Kier alpha value is -0.780. The lowest BCUT2D eigenvalue weighted by Crippen LogP contribution is -2.62. The molecule has 0 aromatic rings. The molecule has 4 aliphatic rings. The van der Waals surface area contributed by atoms with Crippen LogP contribution in [0.2, 0.25) is 0 Å². The summed E-state index contributed by atoms with van der Waals surface area (Å²) in [6, 6.07) is 0. The van der Waals surface area contributed by atoms with Crippen molar-refractivity contribution in [2.45, 2.75) is 104 Å². The van der Waals surface area contributed by atoms with Crippen molar-refractivity contribution >= 4 is 16.0 Å². The zero-order valence-electron chi connectivity index (χ0n) is 27.9. The average molecular weight is 631 g/mol. The van der Waals surface area contributed by atoms with Crippen LogP contribution in [0.25, 0.3) is 0 Å². The molecule has 0 aliphatic heterocycles. The first kappa shape index (κ1) is 36.7. The molecular formula is C33H62N2O7S. The number of hydrogen-bond acceptors (Lipinski definition) is 7. The van der Waals surface area contributed by atoms with Gasteiger partial charge in [-0.3, -0.25) is 4.79 Å². The Balaban J connectivity index is 0.000000646. The maximum absolute atomic E-state index is 12.2. The number of quaternary nitrogens is 1. The molecule has 252 valence electrons. The first-order valence-electron chi connectivity index (χ1n) is 16.9. The van der Waals surface area contributed by atoms with Crippen LogP contribution in [0.4, 0.5) is 0 Å². The minimum atomic E-state index is -4.32. The predicted molar refractivity (Wildman–Crippen MR) is 168 cm³/mol. The van der Waals surface area contributed by atoms with Gasteiger partial charge >= 0.3 is 0 Å². The van der Waals surface area contributed by atoms with E-state index in [-0.39, 0.29) is 48.0 Å². The number of rotatable bonds is 10. The van der Waals surface area contributed by atoms with Gasteiger partial charge in [-0.05, 0) is 104 Å². The summed E-state index contributed by atoms with van der Waals surface area (Å²) in [6.07, 6.45) is 8.86. The summed E-state index contributed by atoms with van der Waals surface area (Å²) in [4.78, 5) is 12.2. The third-order valence-electron chi connectivity index (χ3n) is 12.4. The van der Waals surface area contributed by atoms with Crippen molar-refractivity contribution < 1.29 is 37.6 Å². The quantitative estimate of drug-likeness (QED) is 0.214. The van der Waals surface area contributed by atoms with Gasteiger partial charge in [-0.15, -0.1) is 0 Å². The Labute approximate surface area is 261 Å². The van der Waals surface area contributed by atoms with Crippen molar-refractivity contribution in [3.8, 4) is 0 Å². The summed E-state index contributed by atoms with van der Waals surface area (Å²) >= 11 is 0. The van der Waals surface area contributed by atoms with Crippen molar-refractivity contribution in [1.29, 1.82) is 0 Å². The lowest BCUT2D eigenvalue weighted by atomic mass is 9.41. The number of carbonyl (C=O) groups excluding carboxylic acids is 1. The molecule has 4 N–H and O–H groups in total. The van der Waals surface area contributed by atoms with Gasteiger partial charge in [-0.1, -0.05) is 34.1 Å². The van der Waals surface area contributed by atoms with Crippen LogP contribution in [-0.4, -0.2) is 97.5 Å². The Morgan fingerprint density at radius 3 is 2.21 bits per heavy atom. The highest BCUT2D eigenvalue weighted by Crippen LogP contribution is 2.69. The van der Waals surface area contributed by atoms with Crippen LogP contribution in [0.5, 0.6) is 0 Å². The first-order valence-corrected chi connectivity index (χ1v) is 18.4. The van der Waals surface area contributed by atoms with E-state index in [1.165, 1.54) is 0 Å². The first-order chi connectivity index (χ1) is 19.9. The van der Waals surface area contributed by atoms with Crippen molar-refractivity contribution in [1.82, 2.24) is 5.32 Å². The molecule has 0 aromatic carbocycles. The number of aliphatic hydroxyl groups excluding tert-OH is 3. The normalized spacial score (nSPS) is 39.9. The summed E-state index contributed by atoms with van der Waals surface area (Å²) < 4.78 is 33.1. The fourth-order valence-electron chi connectivity index (χ4n) is 10.2. The van der Waals surface area contributed by atoms with E-state index in [0.29, 0.717) is 41.9 Å². The zero-order valence-corrected chi connectivity index (χ0v) is 28.7. The average Bonchev–Trinajstić information content (AvgIpc) is 3.24. The van der Waals surface area contributed by atoms with Crippen molar-refractivity contribution in [2.75, 3.05) is 46.6 Å². The molecule has 0 unspecified atom stereocenters. The van der Waals surface area contributed by atoms with Gasteiger partial charge in [-0.2, -0.15) is 0 Å². The van der Waals surface area contributed by atoms with Crippen LogP contribution in [0.1, 0.15) is 91.9 Å². The number of likely N-dealkylation sites (N-methyl/N-ethyl adjacent to an activating group) is 1. The van der Waals surface area contributed by atoms with Gasteiger partial charge in [0.25, 0.3) is 0 Å². The van der Waals surface area contributed by atoms with E-state index in [1.54, 1.807) is 0 Å². The molecule has 0 bridgehead atoms. The Morgan fingerprint density at radius 1 is 1.02 bits per heavy atom. The number of aliphatic hydroxyl groups is 3. The van der Waals surface area contributed by atoms with Gasteiger partial charge in [0.15, 0.2) is 0 Å². The molecule has 0 radical (unpaired) electrons. The second kappa shape index (κ2) is 14.3. The molecule has 4 aliphatic carbocycles. The van der Waals surface area contributed by atoms with E-state index in [4.69, 9.17) is 5.11 Å². The van der Waals surface area contributed by atoms with E-state index in [9.17, 15) is 28.0 Å². The summed E-state index contributed by atoms with van der Waals surface area (Å²) in [7, 11) is 1.84. The van der Waals surface area contributed by atoms with Gasteiger partial charge in [0.1, 0.15) is 6.54 Å². The number of nitrogens with one attached hydrogen (secondary N) is 1. The second-order valence-corrected chi connectivity index (χ2v) is 17.5. The van der Waals surface area contributed by atoms with Crippen LogP contribution in [-0.2, 0) is 14.9 Å². The van der Waals surface area contributed by atoms with Crippen molar-refractivity contribution in [3.63, 3.8) is 0 Å². The topological polar surface area (TPSA) is 147 Å². The van der Waals surface area contributed by atoms with E-state index >= 15 is 0 Å². The molecule has 1 amide bonds. The molecule has 0 spiro atoms. The number of nitrogens with zero attached hydrogens (tertiary/aromatic N) is 1. The van der Waals surface area contributed by atoms with E-state index < -0.39 is 15.9 Å². The van der Waals surface area contributed by atoms with Crippen LogP contribution < -0.4 is 5.32 Å². The monoisotopic (exact) mass is 630 g/mol. The largest absolute Gasteiger partial charge is 0.748 e. The fraction of sp³-hybridized carbons (Fsp3) is 0.970. The van der Waals surface area contributed by atoms with E-state index in [2.05, 4.69) is 54.2 Å². The third kappa shape index (κ3) is 8.53. The predicted octanol–water partition coefficient (Wildman–Crippen LogP) is 3.38. The van der Waals surface area contributed by atoms with Gasteiger partial charge in [0.2, 0.25) is 5.91 Å². The highest BCUT2D eigenvalue weighted by Gasteiger charge is 2.64. The maximum atomic E-state index is 12.2. The lowest BCUT2D eigenvalue weighted by Gasteiger charge is -2.64. The van der Waals surface area contributed by atoms with Gasteiger partial charge in [0, 0.05) is 13.0 Å². The van der Waals surface area contributed by atoms with Gasteiger partial charge < -0.3 is 29.7 Å². The molecule has 4 rings (SSSR count). The zero-order chi connectivity index (χ0) is 32.4. The molecule has 0 aromatic heterocycles. The van der Waals surface area contributed by atoms with Crippen LogP contribution in [0.3, 0.4) is 0 Å². The van der Waals surface area contributed by atoms with Crippen LogP contribution in [0, 0.1) is 52.3 Å². The minimum absolute atomic E-state index is 0.126. The van der Waals surface area contributed by atoms with Gasteiger partial charge in [-0.25, -0.2) is 8.42 Å². The highest BCUT2D eigenvalue weighted by molar-refractivity contribution is 7.85. The summed E-state index contributed by atoms with van der Waals surface area (Å²) in [6.45, 7) is 10.3. The standard InChI is InChI=1S/C28H49NO6S.C5H14NO/c1-5-19-23-16-18(30)10-12-28(23,4)22-11-13-27(3)20(7-8-21(27)25(22)26(19)32)17(2)6-9-24(31)29-14-15-36(33,34)35;1-6(2,3)4-5-7/h17-23,25-26,30,32H,5-16H2,1-4H3,(H,29,31)(H,33,34,35);7H,4-5H2,1-3H3/q;+1/p-1/t17-,18-,19-,20-,21+,22+,23+,25+,26-,27-,28-;/m1./s1. The molecule has 4 fully saturated rings. The second-order valence-electron chi connectivity index (χ2n) is 16.0. The summed E-state index contributed by atoms with van der Waals surface area (Å²) in [5.74, 6) is 2.09. The fourth-order valence-corrected chi connectivity index (χ4v) is 10.5. The maximum Gasteiger partial charge on any atom is 0.220 e. The lowest BCUT2D eigenvalue weighted by molar-refractivity contribution is -0.870.